The van der Waals surface area contributed by atoms with Gasteiger partial charge in [0.05, 0.1) is 5.41 Å². The summed E-state index contributed by atoms with van der Waals surface area (Å²) >= 11 is 0. The first-order valence-corrected chi connectivity index (χ1v) is 8.13. The molecule has 21 heavy (non-hydrogen) atoms. The average molecular weight is 287 g/mol. The molecule has 0 amide bonds. The van der Waals surface area contributed by atoms with Crippen molar-refractivity contribution in [2.45, 2.75) is 45.6 Å². The molecule has 1 aromatic carbocycles. The molecule has 1 aromatic rings. The monoisotopic (exact) mass is 287 g/mol. The van der Waals surface area contributed by atoms with E-state index in [1.807, 2.05) is 6.07 Å². The first kappa shape index (κ1) is 14.6. The lowest BCUT2D eigenvalue weighted by molar-refractivity contribution is -0.164. The molecule has 3 rings (SSSR count). The minimum Gasteiger partial charge on any atom is -0.457 e. The van der Waals surface area contributed by atoms with Crippen LogP contribution in [-0.4, -0.2) is 19.1 Å². The highest BCUT2D eigenvalue weighted by atomic mass is 16.5. The third-order valence-corrected chi connectivity index (χ3v) is 5.26. The Bertz CT molecular complexity index is 518. The maximum atomic E-state index is 12.8. The Morgan fingerprint density at radius 3 is 2.90 bits per heavy atom. The standard InChI is InChI=1S/C18H25NO2/c1-13(2)18(10-11-19-12-18)17(20)21-16-9-5-7-14-6-3-4-8-15(14)16/h3-4,6,8,13,16,19H,5,7,9-12H2,1-2H3. The summed E-state index contributed by atoms with van der Waals surface area (Å²) in [7, 11) is 0. The molecule has 1 heterocycles. The van der Waals surface area contributed by atoms with Crippen molar-refractivity contribution in [3.05, 3.63) is 35.4 Å². The number of hydrogen-bond acceptors (Lipinski definition) is 3. The Kier molecular flexibility index (Phi) is 4.03. The maximum absolute atomic E-state index is 12.8. The van der Waals surface area contributed by atoms with E-state index < -0.39 is 0 Å². The number of ether oxygens (including phenoxy) is 1. The Labute approximate surface area is 127 Å². The van der Waals surface area contributed by atoms with E-state index in [1.165, 1.54) is 11.1 Å². The van der Waals surface area contributed by atoms with Gasteiger partial charge in [-0.2, -0.15) is 0 Å². The summed E-state index contributed by atoms with van der Waals surface area (Å²) in [5.74, 6) is 0.294. The molecule has 3 heteroatoms. The van der Waals surface area contributed by atoms with Gasteiger partial charge in [0.25, 0.3) is 0 Å². The van der Waals surface area contributed by atoms with Crippen LogP contribution in [0.1, 0.15) is 50.3 Å². The van der Waals surface area contributed by atoms with Crippen LogP contribution in [0.5, 0.6) is 0 Å². The number of rotatable bonds is 3. The van der Waals surface area contributed by atoms with E-state index in [0.717, 1.165) is 38.8 Å². The maximum Gasteiger partial charge on any atom is 0.314 e. The molecule has 0 bridgehead atoms. The molecule has 1 fully saturated rings. The number of fused-ring (bicyclic) bond motifs is 1. The van der Waals surface area contributed by atoms with Gasteiger partial charge in [0.1, 0.15) is 6.10 Å². The van der Waals surface area contributed by atoms with Crippen LogP contribution in [0.3, 0.4) is 0 Å². The number of nitrogens with one attached hydrogen (secondary N) is 1. The molecule has 2 aliphatic rings. The summed E-state index contributed by atoms with van der Waals surface area (Å²) in [5, 5.41) is 3.33. The van der Waals surface area contributed by atoms with Gasteiger partial charge in [0.15, 0.2) is 0 Å². The van der Waals surface area contributed by atoms with Gasteiger partial charge in [-0.25, -0.2) is 0 Å². The average Bonchev–Trinajstić information content (AvgIpc) is 2.98. The third-order valence-electron chi connectivity index (χ3n) is 5.26. The minimum absolute atomic E-state index is 0.01000. The number of benzene rings is 1. The molecule has 0 radical (unpaired) electrons. The van der Waals surface area contributed by atoms with Gasteiger partial charge in [0.2, 0.25) is 0 Å². The molecular weight excluding hydrogens is 262 g/mol. The van der Waals surface area contributed by atoms with Crippen LogP contribution >= 0.6 is 0 Å². The van der Waals surface area contributed by atoms with Crippen LogP contribution in [0.25, 0.3) is 0 Å². The molecule has 1 aliphatic carbocycles. The molecule has 0 spiro atoms. The fourth-order valence-electron chi connectivity index (χ4n) is 3.69. The number of carbonyl (C=O) groups excluding carboxylic acids is 1. The number of aryl methyl sites for hydroxylation is 1. The Balaban J connectivity index is 1.79. The third kappa shape index (κ3) is 2.59. The van der Waals surface area contributed by atoms with Gasteiger partial charge in [-0.1, -0.05) is 38.1 Å². The summed E-state index contributed by atoms with van der Waals surface area (Å²) in [5.41, 5.74) is 2.21. The summed E-state index contributed by atoms with van der Waals surface area (Å²) in [6.45, 7) is 5.92. The van der Waals surface area contributed by atoms with E-state index in [4.69, 9.17) is 4.74 Å². The van der Waals surface area contributed by atoms with E-state index in [-0.39, 0.29) is 17.5 Å². The van der Waals surface area contributed by atoms with Crippen molar-refractivity contribution in [3.8, 4) is 0 Å². The summed E-state index contributed by atoms with van der Waals surface area (Å²) < 4.78 is 5.99. The molecule has 2 atom stereocenters. The van der Waals surface area contributed by atoms with Gasteiger partial charge < -0.3 is 10.1 Å². The normalized spacial score (nSPS) is 28.4. The van der Waals surface area contributed by atoms with Gasteiger partial charge in [-0.05, 0) is 49.3 Å². The highest BCUT2D eigenvalue weighted by Gasteiger charge is 2.46. The quantitative estimate of drug-likeness (QED) is 0.867. The first-order chi connectivity index (χ1) is 10.1. The van der Waals surface area contributed by atoms with E-state index in [2.05, 4.69) is 37.4 Å². The Morgan fingerprint density at radius 2 is 2.19 bits per heavy atom. The predicted octanol–water partition coefficient (Wildman–Crippen LogP) is 3.24. The largest absolute Gasteiger partial charge is 0.457 e. The topological polar surface area (TPSA) is 38.3 Å². The fraction of sp³-hybridized carbons (Fsp3) is 0.611. The van der Waals surface area contributed by atoms with Gasteiger partial charge >= 0.3 is 5.97 Å². The Morgan fingerprint density at radius 1 is 1.38 bits per heavy atom. The molecule has 0 aromatic heterocycles. The number of esters is 1. The lowest BCUT2D eigenvalue weighted by Gasteiger charge is -2.33. The van der Waals surface area contributed by atoms with Crippen molar-refractivity contribution in [2.24, 2.45) is 11.3 Å². The molecule has 114 valence electrons. The Hall–Kier alpha value is -1.35. The van der Waals surface area contributed by atoms with Gasteiger partial charge in [-0.3, -0.25) is 4.79 Å². The van der Waals surface area contributed by atoms with Crippen molar-refractivity contribution in [1.29, 1.82) is 0 Å². The molecule has 2 unspecified atom stereocenters. The van der Waals surface area contributed by atoms with E-state index in [1.54, 1.807) is 0 Å². The molecular formula is C18H25NO2. The zero-order chi connectivity index (χ0) is 14.9. The second kappa shape index (κ2) is 5.80. The first-order valence-electron chi connectivity index (χ1n) is 8.13. The van der Waals surface area contributed by atoms with Crippen molar-refractivity contribution in [3.63, 3.8) is 0 Å². The fourth-order valence-corrected chi connectivity index (χ4v) is 3.69. The number of hydrogen-bond donors (Lipinski definition) is 1. The van der Waals surface area contributed by atoms with Crippen LogP contribution in [0.2, 0.25) is 0 Å². The van der Waals surface area contributed by atoms with Crippen LogP contribution < -0.4 is 5.32 Å². The van der Waals surface area contributed by atoms with Crippen molar-refractivity contribution in [2.75, 3.05) is 13.1 Å². The van der Waals surface area contributed by atoms with Crippen molar-refractivity contribution >= 4 is 5.97 Å². The van der Waals surface area contributed by atoms with Crippen molar-refractivity contribution in [1.82, 2.24) is 5.32 Å². The molecule has 1 saturated heterocycles. The SMILES string of the molecule is CC(C)C1(C(=O)OC2CCCc3ccccc32)CCNC1. The highest BCUT2D eigenvalue weighted by Crippen LogP contribution is 2.39. The summed E-state index contributed by atoms with van der Waals surface area (Å²) in [4.78, 5) is 12.8. The van der Waals surface area contributed by atoms with Crippen LogP contribution in [0.4, 0.5) is 0 Å². The summed E-state index contributed by atoms with van der Waals surface area (Å²) in [6.07, 6.45) is 3.98. The minimum atomic E-state index is -0.341. The molecule has 0 saturated carbocycles. The zero-order valence-electron chi connectivity index (χ0n) is 13.0. The zero-order valence-corrected chi connectivity index (χ0v) is 13.0. The number of carbonyl (C=O) groups is 1. The predicted molar refractivity (Wildman–Crippen MR) is 83.0 cm³/mol. The van der Waals surface area contributed by atoms with E-state index in [9.17, 15) is 4.79 Å². The van der Waals surface area contributed by atoms with Crippen molar-refractivity contribution < 1.29 is 9.53 Å². The van der Waals surface area contributed by atoms with Crippen LogP contribution in [0.15, 0.2) is 24.3 Å². The highest BCUT2D eigenvalue weighted by molar-refractivity contribution is 5.78. The second-order valence-corrected chi connectivity index (χ2v) is 6.72. The molecule has 3 nitrogen and oxygen atoms in total. The smallest absolute Gasteiger partial charge is 0.314 e. The molecule has 1 aliphatic heterocycles. The lowest BCUT2D eigenvalue weighted by Crippen LogP contribution is -2.40. The van der Waals surface area contributed by atoms with Gasteiger partial charge in [0, 0.05) is 6.54 Å². The van der Waals surface area contributed by atoms with Crippen LogP contribution in [-0.2, 0) is 16.0 Å². The van der Waals surface area contributed by atoms with E-state index in [0.29, 0.717) is 5.92 Å². The summed E-state index contributed by atoms with van der Waals surface area (Å²) in [6, 6.07) is 8.38. The second-order valence-electron chi connectivity index (χ2n) is 6.72. The van der Waals surface area contributed by atoms with Gasteiger partial charge in [-0.15, -0.1) is 0 Å². The molecule has 1 N–H and O–H groups in total. The van der Waals surface area contributed by atoms with Crippen LogP contribution in [0, 0.1) is 11.3 Å². The lowest BCUT2D eigenvalue weighted by atomic mass is 9.76. The van der Waals surface area contributed by atoms with E-state index >= 15 is 0 Å².